The number of aryl methyl sites for hydroxylation is 1. The van der Waals surface area contributed by atoms with Crippen LogP contribution in [-0.2, 0) is 0 Å². The summed E-state index contributed by atoms with van der Waals surface area (Å²) in [7, 11) is 0. The summed E-state index contributed by atoms with van der Waals surface area (Å²) in [5.41, 5.74) is 7.29. The first-order valence-corrected chi connectivity index (χ1v) is 6.88. The van der Waals surface area contributed by atoms with Gasteiger partial charge in [0.15, 0.2) is 0 Å². The molecule has 108 valence electrons. The highest BCUT2D eigenvalue weighted by Gasteiger charge is 2.17. The molecular weight excluding hydrogens is 336 g/mol. The van der Waals surface area contributed by atoms with Crippen LogP contribution < -0.4 is 11.1 Å². The van der Waals surface area contributed by atoms with Crippen molar-refractivity contribution in [1.82, 2.24) is 0 Å². The van der Waals surface area contributed by atoms with Crippen molar-refractivity contribution >= 4 is 39.2 Å². The van der Waals surface area contributed by atoms with Gasteiger partial charge < -0.3 is 16.2 Å². The number of halogens is 1. The highest BCUT2D eigenvalue weighted by atomic mass is 79.9. The molecule has 0 saturated heterocycles. The number of carbonyl (C=O) groups excluding carboxylic acids is 1. The Balaban J connectivity index is 2.36. The number of anilines is 2. The van der Waals surface area contributed by atoms with E-state index in [-0.39, 0.29) is 16.8 Å². The largest absolute Gasteiger partial charge is 0.478 e. The van der Waals surface area contributed by atoms with Crippen molar-refractivity contribution in [1.29, 1.82) is 0 Å². The smallest absolute Gasteiger partial charge is 0.338 e. The maximum Gasteiger partial charge on any atom is 0.338 e. The molecule has 0 heterocycles. The molecule has 1 amide bonds. The lowest BCUT2D eigenvalue weighted by atomic mass is 10.1. The Kier molecular flexibility index (Phi) is 4.28. The van der Waals surface area contributed by atoms with Gasteiger partial charge in [-0.05, 0) is 36.8 Å². The maximum atomic E-state index is 12.2. The van der Waals surface area contributed by atoms with Crippen LogP contribution in [0.2, 0.25) is 0 Å². The Morgan fingerprint density at radius 2 is 1.95 bits per heavy atom. The number of aromatic carboxylic acids is 1. The van der Waals surface area contributed by atoms with Crippen molar-refractivity contribution in [2.24, 2.45) is 0 Å². The molecular formula is C15H13BrN2O3. The minimum atomic E-state index is -1.09. The van der Waals surface area contributed by atoms with E-state index in [0.29, 0.717) is 11.3 Å². The van der Waals surface area contributed by atoms with Gasteiger partial charge in [0, 0.05) is 10.2 Å². The summed E-state index contributed by atoms with van der Waals surface area (Å²) in [5, 5.41) is 11.8. The molecule has 6 heteroatoms. The number of hydrogen-bond donors (Lipinski definition) is 3. The molecule has 0 aromatic heterocycles. The Hall–Kier alpha value is -2.34. The Labute approximate surface area is 129 Å². The predicted octanol–water partition coefficient (Wildman–Crippen LogP) is 3.29. The second-order valence-electron chi connectivity index (χ2n) is 4.49. The van der Waals surface area contributed by atoms with Crippen LogP contribution in [0.5, 0.6) is 0 Å². The fourth-order valence-corrected chi connectivity index (χ4v) is 2.36. The Morgan fingerprint density at radius 1 is 1.24 bits per heavy atom. The molecule has 5 nitrogen and oxygen atoms in total. The number of hydrogen-bond acceptors (Lipinski definition) is 3. The van der Waals surface area contributed by atoms with E-state index in [9.17, 15) is 14.7 Å². The number of rotatable bonds is 3. The van der Waals surface area contributed by atoms with E-state index in [1.807, 2.05) is 0 Å². The van der Waals surface area contributed by atoms with Crippen molar-refractivity contribution in [2.75, 3.05) is 11.1 Å². The van der Waals surface area contributed by atoms with Gasteiger partial charge in [-0.15, -0.1) is 0 Å². The lowest BCUT2D eigenvalue weighted by Gasteiger charge is -2.11. The van der Waals surface area contributed by atoms with Crippen LogP contribution in [0.1, 0.15) is 26.3 Å². The summed E-state index contributed by atoms with van der Waals surface area (Å²) >= 11 is 3.26. The van der Waals surface area contributed by atoms with Gasteiger partial charge in [-0.25, -0.2) is 4.79 Å². The fourth-order valence-electron chi connectivity index (χ4n) is 1.99. The third-order valence-electron chi connectivity index (χ3n) is 2.99. The van der Waals surface area contributed by atoms with E-state index in [4.69, 9.17) is 5.73 Å². The van der Waals surface area contributed by atoms with Crippen LogP contribution in [0.25, 0.3) is 0 Å². The van der Waals surface area contributed by atoms with Crippen LogP contribution in [-0.4, -0.2) is 17.0 Å². The van der Waals surface area contributed by atoms with Crippen LogP contribution in [0.3, 0.4) is 0 Å². The minimum absolute atomic E-state index is 0.0709. The van der Waals surface area contributed by atoms with Gasteiger partial charge >= 0.3 is 5.97 Å². The van der Waals surface area contributed by atoms with E-state index in [0.717, 1.165) is 4.47 Å². The van der Waals surface area contributed by atoms with Gasteiger partial charge in [0.05, 0.1) is 16.8 Å². The van der Waals surface area contributed by atoms with Crippen LogP contribution in [0.4, 0.5) is 11.4 Å². The van der Waals surface area contributed by atoms with Gasteiger partial charge in [0.2, 0.25) is 0 Å². The summed E-state index contributed by atoms with van der Waals surface area (Å²) in [6.07, 6.45) is 0. The highest BCUT2D eigenvalue weighted by Crippen LogP contribution is 2.23. The third-order valence-corrected chi connectivity index (χ3v) is 3.49. The van der Waals surface area contributed by atoms with Crippen molar-refractivity contribution in [3.63, 3.8) is 0 Å². The standard InChI is InChI=1S/C15H13BrN2O3/c1-8-3-2-4-12(13(8)15(20)21)18-14(19)10-6-5-9(16)7-11(10)17/h2-7H,17H2,1H3,(H,18,19)(H,20,21). The topological polar surface area (TPSA) is 92.4 Å². The normalized spacial score (nSPS) is 10.2. The summed E-state index contributed by atoms with van der Waals surface area (Å²) in [6.45, 7) is 1.67. The summed E-state index contributed by atoms with van der Waals surface area (Å²) < 4.78 is 0.762. The van der Waals surface area contributed by atoms with Gasteiger partial charge in [-0.2, -0.15) is 0 Å². The van der Waals surface area contributed by atoms with E-state index in [2.05, 4.69) is 21.2 Å². The number of carbonyl (C=O) groups is 2. The fraction of sp³-hybridized carbons (Fsp3) is 0.0667. The number of carboxylic acid groups (broad SMARTS) is 1. The average molecular weight is 349 g/mol. The first kappa shape index (κ1) is 15.1. The van der Waals surface area contributed by atoms with Crippen LogP contribution >= 0.6 is 15.9 Å². The number of carboxylic acids is 1. The monoisotopic (exact) mass is 348 g/mol. The SMILES string of the molecule is Cc1cccc(NC(=O)c2ccc(Br)cc2N)c1C(=O)O. The van der Waals surface area contributed by atoms with E-state index in [1.54, 1.807) is 43.3 Å². The molecule has 0 unspecified atom stereocenters. The predicted molar refractivity (Wildman–Crippen MR) is 84.6 cm³/mol. The molecule has 4 N–H and O–H groups in total. The first-order chi connectivity index (χ1) is 9.90. The minimum Gasteiger partial charge on any atom is -0.478 e. The number of benzene rings is 2. The maximum absolute atomic E-state index is 12.2. The first-order valence-electron chi connectivity index (χ1n) is 6.09. The molecule has 0 aliphatic rings. The second kappa shape index (κ2) is 5.97. The molecule has 0 atom stereocenters. The van der Waals surface area contributed by atoms with Crippen molar-refractivity contribution in [2.45, 2.75) is 6.92 Å². The van der Waals surface area contributed by atoms with E-state index in [1.165, 1.54) is 0 Å². The molecule has 2 aromatic rings. The molecule has 0 aliphatic heterocycles. The average Bonchev–Trinajstić information content (AvgIpc) is 2.37. The zero-order valence-corrected chi connectivity index (χ0v) is 12.8. The molecule has 21 heavy (non-hydrogen) atoms. The number of nitrogen functional groups attached to an aromatic ring is 1. The molecule has 0 saturated carbocycles. The van der Waals surface area contributed by atoms with Crippen LogP contribution in [0, 0.1) is 6.92 Å². The van der Waals surface area contributed by atoms with Gasteiger partial charge in [-0.3, -0.25) is 4.79 Å². The van der Waals surface area contributed by atoms with Gasteiger partial charge in [0.25, 0.3) is 5.91 Å². The quantitative estimate of drug-likeness (QED) is 0.742. The molecule has 0 fully saturated rings. The molecule has 2 rings (SSSR count). The van der Waals surface area contributed by atoms with Crippen molar-refractivity contribution in [3.8, 4) is 0 Å². The summed E-state index contributed by atoms with van der Waals surface area (Å²) in [6, 6.07) is 9.78. The molecule has 2 aromatic carbocycles. The lowest BCUT2D eigenvalue weighted by molar-refractivity contribution is 0.0697. The summed E-state index contributed by atoms with van der Waals surface area (Å²) in [4.78, 5) is 23.5. The van der Waals surface area contributed by atoms with Gasteiger partial charge in [0.1, 0.15) is 0 Å². The zero-order chi connectivity index (χ0) is 15.6. The molecule has 0 spiro atoms. The summed E-state index contributed by atoms with van der Waals surface area (Å²) in [5.74, 6) is -1.54. The van der Waals surface area contributed by atoms with Crippen molar-refractivity contribution < 1.29 is 14.7 Å². The van der Waals surface area contributed by atoms with E-state index >= 15 is 0 Å². The molecule has 0 aliphatic carbocycles. The number of amides is 1. The highest BCUT2D eigenvalue weighted by molar-refractivity contribution is 9.10. The molecule has 0 radical (unpaired) electrons. The number of nitrogens with one attached hydrogen (secondary N) is 1. The molecule has 0 bridgehead atoms. The second-order valence-corrected chi connectivity index (χ2v) is 5.40. The third kappa shape index (κ3) is 3.22. The number of nitrogens with two attached hydrogens (primary N) is 1. The lowest BCUT2D eigenvalue weighted by Crippen LogP contribution is -2.17. The Bertz CT molecular complexity index is 729. The van der Waals surface area contributed by atoms with Crippen molar-refractivity contribution in [3.05, 3.63) is 57.6 Å². The Morgan fingerprint density at radius 3 is 2.57 bits per heavy atom. The van der Waals surface area contributed by atoms with Gasteiger partial charge in [-0.1, -0.05) is 28.1 Å². The van der Waals surface area contributed by atoms with E-state index < -0.39 is 11.9 Å². The zero-order valence-electron chi connectivity index (χ0n) is 11.2. The van der Waals surface area contributed by atoms with Crippen LogP contribution in [0.15, 0.2) is 40.9 Å².